The van der Waals surface area contributed by atoms with E-state index in [0.29, 0.717) is 30.1 Å². The van der Waals surface area contributed by atoms with Gasteiger partial charge in [-0.2, -0.15) is 5.10 Å². The molecule has 1 aromatic rings. The lowest BCUT2D eigenvalue weighted by Gasteiger charge is -2.17. The third kappa shape index (κ3) is 3.28. The van der Waals surface area contributed by atoms with Crippen LogP contribution in [0.2, 0.25) is 0 Å². The van der Waals surface area contributed by atoms with E-state index in [-0.39, 0.29) is 5.91 Å². The molecule has 124 valence electrons. The second-order valence-corrected chi connectivity index (χ2v) is 5.32. The summed E-state index contributed by atoms with van der Waals surface area (Å²) in [6.45, 7) is 5.89. The summed E-state index contributed by atoms with van der Waals surface area (Å²) in [5, 5.41) is 7.51. The largest absolute Gasteiger partial charge is 0.493 e. The van der Waals surface area contributed by atoms with Gasteiger partial charge in [-0.3, -0.25) is 4.79 Å². The summed E-state index contributed by atoms with van der Waals surface area (Å²) >= 11 is 0. The van der Waals surface area contributed by atoms with Crippen LogP contribution in [0.3, 0.4) is 0 Å². The molecule has 1 saturated heterocycles. The first-order valence-electron chi connectivity index (χ1n) is 7.46. The number of rotatable bonds is 6. The zero-order chi connectivity index (χ0) is 17.0. The highest BCUT2D eigenvalue weighted by atomic mass is 16.5. The Labute approximate surface area is 135 Å². The van der Waals surface area contributed by atoms with E-state index in [1.54, 1.807) is 32.2 Å². The number of benzene rings is 1. The average Bonchev–Trinajstić information content (AvgIpc) is 2.76. The first-order chi connectivity index (χ1) is 10.9. The van der Waals surface area contributed by atoms with Crippen molar-refractivity contribution < 1.29 is 19.1 Å². The van der Waals surface area contributed by atoms with Crippen LogP contribution in [0.1, 0.15) is 32.8 Å². The molecule has 0 saturated carbocycles. The van der Waals surface area contributed by atoms with E-state index in [2.05, 4.69) is 10.4 Å². The Balaban J connectivity index is 2.22. The standard InChI is InChI=1S/C16H21N3O4/c1-5-16(3)14(20)19(15(21)18-16)17-10-11-7-8-12(22-4)13(9-11)23-6-2/h7-10H,5-6H2,1-4H3,(H,18,21)/b17-10+. The molecule has 1 N–H and O–H groups in total. The maximum absolute atomic E-state index is 12.2. The van der Waals surface area contributed by atoms with Crippen molar-refractivity contribution in [2.24, 2.45) is 5.10 Å². The quantitative estimate of drug-likeness (QED) is 0.643. The lowest BCUT2D eigenvalue weighted by atomic mass is 10.00. The Kier molecular flexibility index (Phi) is 4.88. The third-order valence-electron chi connectivity index (χ3n) is 3.76. The van der Waals surface area contributed by atoms with Gasteiger partial charge in [-0.1, -0.05) is 6.92 Å². The minimum Gasteiger partial charge on any atom is -0.493 e. The van der Waals surface area contributed by atoms with Gasteiger partial charge in [-0.05, 0) is 44.0 Å². The maximum Gasteiger partial charge on any atom is 0.346 e. The van der Waals surface area contributed by atoms with Gasteiger partial charge in [0.2, 0.25) is 0 Å². The Hall–Kier alpha value is -2.57. The van der Waals surface area contributed by atoms with E-state index in [1.807, 2.05) is 13.8 Å². The molecular formula is C16H21N3O4. The van der Waals surface area contributed by atoms with Crippen molar-refractivity contribution in [2.45, 2.75) is 32.7 Å². The highest BCUT2D eigenvalue weighted by molar-refractivity contribution is 6.07. The number of hydrogen-bond acceptors (Lipinski definition) is 5. The van der Waals surface area contributed by atoms with Crippen LogP contribution in [0.25, 0.3) is 0 Å². The number of ether oxygens (including phenoxy) is 2. The van der Waals surface area contributed by atoms with Crippen LogP contribution >= 0.6 is 0 Å². The number of carbonyl (C=O) groups is 2. The van der Waals surface area contributed by atoms with Crippen molar-refractivity contribution in [1.82, 2.24) is 10.3 Å². The fraction of sp³-hybridized carbons (Fsp3) is 0.438. The van der Waals surface area contributed by atoms with Crippen molar-refractivity contribution in [1.29, 1.82) is 0 Å². The van der Waals surface area contributed by atoms with Crippen LogP contribution in [0, 0.1) is 0 Å². The first-order valence-corrected chi connectivity index (χ1v) is 7.46. The van der Waals surface area contributed by atoms with E-state index in [4.69, 9.17) is 9.47 Å². The van der Waals surface area contributed by atoms with Gasteiger partial charge < -0.3 is 14.8 Å². The summed E-state index contributed by atoms with van der Waals surface area (Å²) in [6.07, 6.45) is 1.95. The number of hydrazone groups is 1. The molecule has 2 rings (SSSR count). The third-order valence-corrected chi connectivity index (χ3v) is 3.76. The van der Waals surface area contributed by atoms with Crippen LogP contribution < -0.4 is 14.8 Å². The molecule has 7 nitrogen and oxygen atoms in total. The summed E-state index contributed by atoms with van der Waals surface area (Å²) in [4.78, 5) is 24.1. The molecule has 0 aromatic heterocycles. The van der Waals surface area contributed by atoms with E-state index in [0.717, 1.165) is 5.01 Å². The van der Waals surface area contributed by atoms with E-state index in [9.17, 15) is 9.59 Å². The second-order valence-electron chi connectivity index (χ2n) is 5.32. The average molecular weight is 319 g/mol. The molecule has 0 bridgehead atoms. The number of amides is 3. The van der Waals surface area contributed by atoms with Crippen LogP contribution in [0.15, 0.2) is 23.3 Å². The van der Waals surface area contributed by atoms with Crippen LogP contribution in [0.5, 0.6) is 11.5 Å². The van der Waals surface area contributed by atoms with Crippen molar-refractivity contribution in [3.05, 3.63) is 23.8 Å². The van der Waals surface area contributed by atoms with Crippen molar-refractivity contribution in [3.63, 3.8) is 0 Å². The maximum atomic E-state index is 12.2. The number of methoxy groups -OCH3 is 1. The molecule has 0 spiro atoms. The monoisotopic (exact) mass is 319 g/mol. The molecule has 1 atom stereocenters. The molecule has 1 aromatic carbocycles. The Morgan fingerprint density at radius 2 is 2.04 bits per heavy atom. The van der Waals surface area contributed by atoms with Crippen LogP contribution in [-0.2, 0) is 4.79 Å². The van der Waals surface area contributed by atoms with Crippen molar-refractivity contribution in [3.8, 4) is 11.5 Å². The molecule has 0 radical (unpaired) electrons. The Morgan fingerprint density at radius 1 is 1.30 bits per heavy atom. The molecule has 1 aliphatic rings. The van der Waals surface area contributed by atoms with Gasteiger partial charge in [0.25, 0.3) is 5.91 Å². The number of nitrogens with one attached hydrogen (secondary N) is 1. The number of nitrogens with zero attached hydrogens (tertiary/aromatic N) is 2. The number of imide groups is 1. The SMILES string of the molecule is CCOc1cc(/C=N/N2C(=O)NC(C)(CC)C2=O)ccc1OC. The fourth-order valence-corrected chi connectivity index (χ4v) is 2.18. The van der Waals surface area contributed by atoms with Gasteiger partial charge >= 0.3 is 6.03 Å². The first kappa shape index (κ1) is 16.8. The molecule has 23 heavy (non-hydrogen) atoms. The smallest absolute Gasteiger partial charge is 0.346 e. The predicted octanol–water partition coefficient (Wildman–Crippen LogP) is 2.15. The van der Waals surface area contributed by atoms with Gasteiger partial charge in [0.1, 0.15) is 5.54 Å². The summed E-state index contributed by atoms with van der Waals surface area (Å²) in [6, 6.07) is 4.73. The molecule has 1 fully saturated rings. The highest BCUT2D eigenvalue weighted by Gasteiger charge is 2.46. The number of carbonyl (C=O) groups excluding carboxylic acids is 2. The molecule has 1 aliphatic heterocycles. The topological polar surface area (TPSA) is 80.2 Å². The normalized spacial score (nSPS) is 21.0. The summed E-state index contributed by atoms with van der Waals surface area (Å²) in [5.74, 6) is 0.826. The van der Waals surface area contributed by atoms with Crippen LogP contribution in [-0.4, -0.2) is 42.4 Å². The van der Waals surface area contributed by atoms with Gasteiger partial charge in [-0.15, -0.1) is 5.01 Å². The van der Waals surface area contributed by atoms with E-state index in [1.165, 1.54) is 6.21 Å². The number of hydrogen-bond donors (Lipinski definition) is 1. The van der Waals surface area contributed by atoms with Gasteiger partial charge in [0, 0.05) is 0 Å². The molecule has 7 heteroatoms. The van der Waals surface area contributed by atoms with Gasteiger partial charge in [0.05, 0.1) is 19.9 Å². The molecule has 1 unspecified atom stereocenters. The molecular weight excluding hydrogens is 298 g/mol. The highest BCUT2D eigenvalue weighted by Crippen LogP contribution is 2.27. The van der Waals surface area contributed by atoms with Crippen molar-refractivity contribution >= 4 is 18.2 Å². The minimum atomic E-state index is -0.898. The van der Waals surface area contributed by atoms with Gasteiger partial charge in [-0.25, -0.2) is 4.79 Å². The zero-order valence-electron chi connectivity index (χ0n) is 13.8. The second kappa shape index (κ2) is 6.68. The van der Waals surface area contributed by atoms with Crippen molar-refractivity contribution in [2.75, 3.05) is 13.7 Å². The van der Waals surface area contributed by atoms with Crippen LogP contribution in [0.4, 0.5) is 4.79 Å². The lowest BCUT2D eigenvalue weighted by Crippen LogP contribution is -2.42. The molecule has 0 aliphatic carbocycles. The van der Waals surface area contributed by atoms with E-state index < -0.39 is 11.6 Å². The zero-order valence-corrected chi connectivity index (χ0v) is 13.8. The number of urea groups is 1. The lowest BCUT2D eigenvalue weighted by molar-refractivity contribution is -0.130. The Bertz CT molecular complexity index is 644. The summed E-state index contributed by atoms with van der Waals surface area (Å²) < 4.78 is 10.7. The van der Waals surface area contributed by atoms with E-state index >= 15 is 0 Å². The Morgan fingerprint density at radius 3 is 2.61 bits per heavy atom. The summed E-state index contributed by atoms with van der Waals surface area (Å²) in [5.41, 5.74) is -0.204. The molecule has 3 amide bonds. The predicted molar refractivity (Wildman–Crippen MR) is 85.8 cm³/mol. The minimum absolute atomic E-state index is 0.361. The molecule has 1 heterocycles. The van der Waals surface area contributed by atoms with Gasteiger partial charge in [0.15, 0.2) is 11.5 Å². The summed E-state index contributed by atoms with van der Waals surface area (Å²) in [7, 11) is 1.56. The fourth-order valence-electron chi connectivity index (χ4n) is 2.18.